The van der Waals surface area contributed by atoms with Crippen molar-refractivity contribution in [3.05, 3.63) is 39.4 Å². The summed E-state index contributed by atoms with van der Waals surface area (Å²) in [5.41, 5.74) is -0.250. The van der Waals surface area contributed by atoms with Crippen LogP contribution in [0.15, 0.2) is 23.0 Å². The third-order valence-corrected chi connectivity index (χ3v) is 4.24. The van der Waals surface area contributed by atoms with Crippen molar-refractivity contribution in [2.24, 2.45) is 0 Å². The van der Waals surface area contributed by atoms with E-state index in [4.69, 9.17) is 16.3 Å². The van der Waals surface area contributed by atoms with Crippen LogP contribution in [0.2, 0.25) is 5.02 Å². The van der Waals surface area contributed by atoms with Gasteiger partial charge in [-0.05, 0) is 39.3 Å². The number of hydrogen-bond donors (Lipinski definition) is 1. The van der Waals surface area contributed by atoms with Gasteiger partial charge in [0.15, 0.2) is 0 Å². The van der Waals surface area contributed by atoms with E-state index in [9.17, 15) is 9.59 Å². The van der Waals surface area contributed by atoms with E-state index in [-0.39, 0.29) is 17.6 Å². The van der Waals surface area contributed by atoms with Crippen LogP contribution in [0, 0.1) is 0 Å². The first-order valence-corrected chi connectivity index (χ1v) is 8.29. The van der Waals surface area contributed by atoms with Crippen LogP contribution in [-0.4, -0.2) is 39.7 Å². The van der Waals surface area contributed by atoms with Crippen molar-refractivity contribution < 1.29 is 9.53 Å². The number of halogens is 1. The van der Waals surface area contributed by atoms with E-state index in [0.717, 1.165) is 6.42 Å². The molecule has 1 aromatic carbocycles. The summed E-state index contributed by atoms with van der Waals surface area (Å²) in [5.74, 6) is 0.526. The first-order valence-electron chi connectivity index (χ1n) is 7.91. The molecule has 1 fully saturated rings. The number of fused-ring (bicyclic) bond motifs is 1. The molecular weight excluding hydrogens is 330 g/mol. The molecule has 0 radical (unpaired) electrons. The van der Waals surface area contributed by atoms with Gasteiger partial charge in [0, 0.05) is 19.0 Å². The fraction of sp³-hybridized carbons (Fsp3) is 0.471. The molecule has 0 bridgehead atoms. The van der Waals surface area contributed by atoms with Crippen LogP contribution in [0.5, 0.6) is 0 Å². The number of hydrogen-bond acceptors (Lipinski definition) is 4. The lowest BCUT2D eigenvalue weighted by molar-refractivity contribution is 0.0292. The average molecular weight is 350 g/mol. The Morgan fingerprint density at radius 2 is 2.17 bits per heavy atom. The molecule has 1 N–H and O–H groups in total. The van der Waals surface area contributed by atoms with Gasteiger partial charge in [0.1, 0.15) is 11.4 Å². The minimum absolute atomic E-state index is 0.0362. The number of aromatic nitrogens is 2. The summed E-state index contributed by atoms with van der Waals surface area (Å²) in [6.07, 6.45) is 0.379. The zero-order valence-corrected chi connectivity index (χ0v) is 14.7. The molecule has 6 nitrogen and oxygen atoms in total. The van der Waals surface area contributed by atoms with Gasteiger partial charge in [-0.25, -0.2) is 9.78 Å². The van der Waals surface area contributed by atoms with E-state index in [1.165, 1.54) is 0 Å². The topological polar surface area (TPSA) is 75.3 Å². The first-order chi connectivity index (χ1) is 11.2. The summed E-state index contributed by atoms with van der Waals surface area (Å²) in [7, 11) is 0. The van der Waals surface area contributed by atoms with Crippen LogP contribution >= 0.6 is 11.6 Å². The number of nitrogens with zero attached hydrogens (tertiary/aromatic N) is 2. The average Bonchev–Trinajstić information content (AvgIpc) is 2.96. The maximum Gasteiger partial charge on any atom is 0.410 e. The summed E-state index contributed by atoms with van der Waals surface area (Å²) in [6.45, 7) is 6.55. The monoisotopic (exact) mass is 349 g/mol. The summed E-state index contributed by atoms with van der Waals surface area (Å²) in [6, 6.07) is 5.13. The molecule has 2 aromatic rings. The highest BCUT2D eigenvalue weighted by Gasteiger charge is 2.32. The zero-order chi connectivity index (χ0) is 17.5. The molecule has 3 rings (SSSR count). The molecule has 0 unspecified atom stereocenters. The molecule has 0 saturated carbocycles. The SMILES string of the molecule is CC(C)(C)OC(=O)N1CC[C@H](c2nc3c(Cl)cccc3c(=O)[nH]2)C1. The minimum atomic E-state index is -0.530. The van der Waals surface area contributed by atoms with E-state index in [2.05, 4.69) is 9.97 Å². The highest BCUT2D eigenvalue weighted by atomic mass is 35.5. The van der Waals surface area contributed by atoms with Gasteiger partial charge in [0.05, 0.1) is 15.9 Å². The van der Waals surface area contributed by atoms with Gasteiger partial charge in [-0.15, -0.1) is 0 Å². The lowest BCUT2D eigenvalue weighted by Crippen LogP contribution is -2.35. The van der Waals surface area contributed by atoms with E-state index in [0.29, 0.717) is 34.8 Å². The molecule has 1 aliphatic heterocycles. The molecule has 0 spiro atoms. The number of H-pyrrole nitrogens is 1. The number of carbonyl (C=O) groups is 1. The van der Waals surface area contributed by atoms with Gasteiger partial charge in [0.25, 0.3) is 5.56 Å². The fourth-order valence-electron chi connectivity index (χ4n) is 2.81. The van der Waals surface area contributed by atoms with E-state index < -0.39 is 5.60 Å². The molecule has 128 valence electrons. The molecule has 1 amide bonds. The number of ether oxygens (including phenoxy) is 1. The number of likely N-dealkylation sites (tertiary alicyclic amines) is 1. The van der Waals surface area contributed by atoms with Crippen LogP contribution in [0.25, 0.3) is 10.9 Å². The fourth-order valence-corrected chi connectivity index (χ4v) is 3.03. The number of amides is 1. The van der Waals surface area contributed by atoms with Crippen molar-refractivity contribution in [3.8, 4) is 0 Å². The second kappa shape index (κ2) is 6.09. The molecule has 1 atom stereocenters. The molecule has 2 heterocycles. The zero-order valence-electron chi connectivity index (χ0n) is 13.9. The molecule has 1 aliphatic rings. The molecule has 1 aromatic heterocycles. The van der Waals surface area contributed by atoms with Crippen molar-refractivity contribution in [1.82, 2.24) is 14.9 Å². The summed E-state index contributed by atoms with van der Waals surface area (Å²) < 4.78 is 5.39. The second-order valence-electron chi connectivity index (χ2n) is 7.00. The quantitative estimate of drug-likeness (QED) is 0.857. The van der Waals surface area contributed by atoms with E-state index in [1.807, 2.05) is 20.8 Å². The van der Waals surface area contributed by atoms with Gasteiger partial charge >= 0.3 is 6.09 Å². The lowest BCUT2D eigenvalue weighted by Gasteiger charge is -2.24. The number of para-hydroxylation sites is 1. The summed E-state index contributed by atoms with van der Waals surface area (Å²) in [4.78, 5) is 33.4. The Balaban J connectivity index is 1.84. The van der Waals surface area contributed by atoms with Gasteiger partial charge < -0.3 is 14.6 Å². The normalized spacial score (nSPS) is 18.2. The summed E-state index contributed by atoms with van der Waals surface area (Å²) in [5, 5.41) is 0.912. The Hall–Kier alpha value is -2.08. The molecular formula is C17H20ClN3O3. The van der Waals surface area contributed by atoms with Crippen molar-refractivity contribution in [2.45, 2.75) is 38.7 Å². The van der Waals surface area contributed by atoms with Crippen LogP contribution in [0.1, 0.15) is 38.9 Å². The second-order valence-corrected chi connectivity index (χ2v) is 7.41. The first kappa shape index (κ1) is 16.8. The van der Waals surface area contributed by atoms with Crippen molar-refractivity contribution in [3.63, 3.8) is 0 Å². The predicted octanol–water partition coefficient (Wildman–Crippen LogP) is 3.30. The van der Waals surface area contributed by atoms with Crippen molar-refractivity contribution in [2.75, 3.05) is 13.1 Å². The smallest absolute Gasteiger partial charge is 0.410 e. The minimum Gasteiger partial charge on any atom is -0.444 e. The van der Waals surface area contributed by atoms with Crippen molar-refractivity contribution >= 4 is 28.6 Å². The largest absolute Gasteiger partial charge is 0.444 e. The highest BCUT2D eigenvalue weighted by Crippen LogP contribution is 2.27. The lowest BCUT2D eigenvalue weighted by atomic mass is 10.1. The van der Waals surface area contributed by atoms with Crippen LogP contribution in [0.4, 0.5) is 4.79 Å². The Morgan fingerprint density at radius 1 is 1.42 bits per heavy atom. The number of benzene rings is 1. The van der Waals surface area contributed by atoms with Crippen LogP contribution < -0.4 is 5.56 Å². The van der Waals surface area contributed by atoms with Gasteiger partial charge in [-0.3, -0.25) is 4.79 Å². The number of carbonyl (C=O) groups excluding carboxylic acids is 1. The number of aromatic amines is 1. The van der Waals surface area contributed by atoms with Crippen LogP contribution in [0.3, 0.4) is 0 Å². The standard InChI is InChI=1S/C17H20ClN3O3/c1-17(2,3)24-16(23)21-8-7-10(9-21)14-19-13-11(15(22)20-14)5-4-6-12(13)18/h4-6,10H,7-9H2,1-3H3,(H,19,20,22)/t10-/m0/s1. The molecule has 1 saturated heterocycles. The van der Waals surface area contributed by atoms with E-state index in [1.54, 1.807) is 23.1 Å². The van der Waals surface area contributed by atoms with Gasteiger partial charge in [-0.1, -0.05) is 17.7 Å². The Bertz CT molecular complexity index is 841. The highest BCUT2D eigenvalue weighted by molar-refractivity contribution is 6.34. The Kier molecular flexibility index (Phi) is 4.25. The third-order valence-electron chi connectivity index (χ3n) is 3.93. The van der Waals surface area contributed by atoms with Gasteiger partial charge in [0.2, 0.25) is 0 Å². The molecule has 24 heavy (non-hydrogen) atoms. The van der Waals surface area contributed by atoms with Crippen molar-refractivity contribution in [1.29, 1.82) is 0 Å². The molecule has 7 heteroatoms. The van der Waals surface area contributed by atoms with Gasteiger partial charge in [-0.2, -0.15) is 0 Å². The Morgan fingerprint density at radius 3 is 2.88 bits per heavy atom. The number of rotatable bonds is 1. The number of nitrogens with one attached hydrogen (secondary N) is 1. The predicted molar refractivity (Wildman–Crippen MR) is 92.5 cm³/mol. The summed E-state index contributed by atoms with van der Waals surface area (Å²) >= 11 is 6.16. The maximum absolute atomic E-state index is 12.3. The maximum atomic E-state index is 12.3. The van der Waals surface area contributed by atoms with Crippen LogP contribution in [-0.2, 0) is 4.74 Å². The molecule has 0 aliphatic carbocycles. The Labute approximate surface area is 144 Å². The van der Waals surface area contributed by atoms with E-state index >= 15 is 0 Å². The third kappa shape index (κ3) is 3.38.